The fourth-order valence-corrected chi connectivity index (χ4v) is 4.97. The molecule has 6 rings (SSSR count). The molecule has 4 heterocycles. The molecule has 8 heteroatoms. The molecule has 8 nitrogen and oxygen atoms in total. The number of pyridine rings is 1. The van der Waals surface area contributed by atoms with Gasteiger partial charge in [0.25, 0.3) is 0 Å². The topological polar surface area (TPSA) is 110 Å². The molecule has 178 valence electrons. The Labute approximate surface area is 198 Å². The molecule has 34 heavy (non-hydrogen) atoms. The molecule has 0 unspecified atom stereocenters. The van der Waals surface area contributed by atoms with Gasteiger partial charge in [0, 0.05) is 16.4 Å². The molecule has 0 radical (unpaired) electrons. The Morgan fingerprint density at radius 2 is 1.79 bits per heavy atom. The van der Waals surface area contributed by atoms with Gasteiger partial charge in [-0.25, -0.2) is 0 Å². The summed E-state index contributed by atoms with van der Waals surface area (Å²) in [6.45, 7) is 6.65. The summed E-state index contributed by atoms with van der Waals surface area (Å²) < 4.78 is 11.8. The molecule has 0 spiro atoms. The van der Waals surface area contributed by atoms with Crippen LogP contribution in [-0.2, 0) is 20.4 Å². The highest BCUT2D eigenvalue weighted by molar-refractivity contribution is 5.68. The summed E-state index contributed by atoms with van der Waals surface area (Å²) in [5.41, 5.74) is 3.24. The summed E-state index contributed by atoms with van der Waals surface area (Å²) in [7, 11) is 0. The number of nitrogens with one attached hydrogen (secondary N) is 1. The van der Waals surface area contributed by atoms with Gasteiger partial charge in [-0.15, -0.1) is 5.10 Å². The molecule has 0 atom stereocenters. The lowest BCUT2D eigenvalue weighted by molar-refractivity contribution is -0.174. The van der Waals surface area contributed by atoms with Crippen LogP contribution in [-0.4, -0.2) is 38.5 Å². The quantitative estimate of drug-likeness (QED) is 0.512. The van der Waals surface area contributed by atoms with Crippen molar-refractivity contribution in [1.29, 1.82) is 0 Å². The van der Waals surface area contributed by atoms with Crippen molar-refractivity contribution in [2.75, 3.05) is 11.9 Å². The number of hydrogen-bond acceptors (Lipinski definition) is 7. The van der Waals surface area contributed by atoms with Crippen molar-refractivity contribution in [3.63, 3.8) is 0 Å². The van der Waals surface area contributed by atoms with Crippen LogP contribution in [0.3, 0.4) is 0 Å². The number of rotatable bonds is 6. The number of carbonyl (C=O) groups is 1. The van der Waals surface area contributed by atoms with Crippen molar-refractivity contribution in [2.45, 2.75) is 69.3 Å². The number of aromatic nitrogens is 3. The summed E-state index contributed by atoms with van der Waals surface area (Å²) in [6, 6.07) is 12.8. The highest BCUT2D eigenvalue weighted by atomic mass is 16.5. The highest BCUT2D eigenvalue weighted by Gasteiger charge is 2.51. The molecule has 2 saturated heterocycles. The van der Waals surface area contributed by atoms with Gasteiger partial charge in [-0.3, -0.25) is 9.78 Å². The van der Waals surface area contributed by atoms with Crippen LogP contribution in [0.15, 0.2) is 47.0 Å². The Balaban J connectivity index is 1.25. The van der Waals surface area contributed by atoms with E-state index < -0.39 is 11.6 Å². The molecule has 1 saturated carbocycles. The van der Waals surface area contributed by atoms with Crippen molar-refractivity contribution in [3.8, 4) is 11.3 Å². The molecule has 1 aliphatic carbocycles. The largest absolute Gasteiger partial charge is 0.481 e. The normalized spacial score (nSPS) is 24.2. The summed E-state index contributed by atoms with van der Waals surface area (Å²) in [6.07, 6.45) is 5.38. The van der Waals surface area contributed by atoms with E-state index in [0.717, 1.165) is 42.6 Å². The fourth-order valence-electron chi connectivity index (χ4n) is 4.97. The maximum absolute atomic E-state index is 11.2. The van der Waals surface area contributed by atoms with Crippen LogP contribution in [0.25, 0.3) is 11.3 Å². The number of aliphatic carboxylic acids is 1. The van der Waals surface area contributed by atoms with E-state index in [1.165, 1.54) is 5.56 Å². The average molecular weight is 463 g/mol. The van der Waals surface area contributed by atoms with Gasteiger partial charge < -0.3 is 19.6 Å². The smallest absolute Gasteiger partial charge is 0.320 e. The van der Waals surface area contributed by atoms with E-state index in [0.29, 0.717) is 18.5 Å². The lowest BCUT2D eigenvalue weighted by Crippen LogP contribution is -2.54. The van der Waals surface area contributed by atoms with E-state index in [2.05, 4.69) is 44.8 Å². The minimum Gasteiger partial charge on any atom is -0.481 e. The van der Waals surface area contributed by atoms with Crippen LogP contribution in [0.5, 0.6) is 0 Å². The predicted octanol–water partition coefficient (Wildman–Crippen LogP) is 5.23. The number of anilines is 2. The number of carboxylic acids is 1. The van der Waals surface area contributed by atoms with Gasteiger partial charge in [-0.05, 0) is 43.4 Å². The first kappa shape index (κ1) is 22.5. The van der Waals surface area contributed by atoms with Crippen molar-refractivity contribution in [3.05, 3.63) is 54.0 Å². The summed E-state index contributed by atoms with van der Waals surface area (Å²) in [5, 5.41) is 20.5. The molecular weight excluding hydrogens is 432 g/mol. The first-order valence-electron chi connectivity index (χ1n) is 11.7. The number of carboxylic acid groups (broad SMARTS) is 1. The Bertz CT molecular complexity index is 1150. The Morgan fingerprint density at radius 1 is 1.06 bits per heavy atom. The summed E-state index contributed by atoms with van der Waals surface area (Å²) in [5.74, 6) is -0.202. The van der Waals surface area contributed by atoms with Crippen LogP contribution >= 0.6 is 0 Å². The zero-order valence-electron chi connectivity index (χ0n) is 19.8. The van der Waals surface area contributed by atoms with Crippen molar-refractivity contribution < 1.29 is 19.1 Å². The number of ether oxygens (including phenoxy) is 1. The SMILES string of the molecule is CC(C)(C)c1nnc(Nc2ccc(-c3ccc(C45CCC(CC(=O)O)(CC4)OC5)cc3)nc2)o1. The summed E-state index contributed by atoms with van der Waals surface area (Å²) in [4.78, 5) is 15.8. The molecule has 3 fully saturated rings. The van der Waals surface area contributed by atoms with Gasteiger partial charge in [-0.1, -0.05) is 50.1 Å². The maximum atomic E-state index is 11.2. The fraction of sp³-hybridized carbons (Fsp3) is 0.462. The van der Waals surface area contributed by atoms with E-state index in [1.54, 1.807) is 6.20 Å². The van der Waals surface area contributed by atoms with Crippen molar-refractivity contribution >= 4 is 17.7 Å². The zero-order valence-corrected chi connectivity index (χ0v) is 19.8. The molecule has 0 amide bonds. The van der Waals surface area contributed by atoms with Crippen molar-refractivity contribution in [1.82, 2.24) is 15.2 Å². The second-order valence-electron chi connectivity index (χ2n) is 10.6. The minimum absolute atomic E-state index is 0.0179. The van der Waals surface area contributed by atoms with Crippen LogP contribution < -0.4 is 5.32 Å². The van der Waals surface area contributed by atoms with E-state index >= 15 is 0 Å². The first-order valence-corrected chi connectivity index (χ1v) is 11.7. The van der Waals surface area contributed by atoms with Crippen LogP contribution in [0, 0.1) is 0 Å². The van der Waals surface area contributed by atoms with E-state index in [1.807, 2.05) is 32.9 Å². The molecule has 1 aromatic carbocycles. The Morgan fingerprint density at radius 3 is 2.32 bits per heavy atom. The minimum atomic E-state index is -0.779. The number of fused-ring (bicyclic) bond motifs is 3. The Kier molecular flexibility index (Phi) is 5.43. The predicted molar refractivity (Wildman–Crippen MR) is 127 cm³/mol. The van der Waals surface area contributed by atoms with E-state index in [9.17, 15) is 9.90 Å². The Hall–Kier alpha value is -3.26. The molecule has 2 aliphatic heterocycles. The summed E-state index contributed by atoms with van der Waals surface area (Å²) >= 11 is 0. The maximum Gasteiger partial charge on any atom is 0.320 e. The second kappa shape index (κ2) is 8.20. The third-order valence-corrected chi connectivity index (χ3v) is 7.12. The van der Waals surface area contributed by atoms with Crippen LogP contribution in [0.4, 0.5) is 11.7 Å². The third kappa shape index (κ3) is 4.30. The van der Waals surface area contributed by atoms with Gasteiger partial charge in [0.2, 0.25) is 5.89 Å². The van der Waals surface area contributed by atoms with E-state index in [-0.39, 0.29) is 17.3 Å². The average Bonchev–Trinajstić information content (AvgIpc) is 3.30. The molecule has 2 N–H and O–H groups in total. The molecule has 3 aliphatic rings. The molecular formula is C26H30N4O4. The lowest BCUT2D eigenvalue weighted by atomic mass is 9.62. The van der Waals surface area contributed by atoms with Gasteiger partial charge >= 0.3 is 12.0 Å². The zero-order chi connectivity index (χ0) is 24.0. The number of hydrogen-bond donors (Lipinski definition) is 2. The van der Waals surface area contributed by atoms with Crippen molar-refractivity contribution in [2.24, 2.45) is 0 Å². The monoisotopic (exact) mass is 462 g/mol. The van der Waals surface area contributed by atoms with E-state index in [4.69, 9.17) is 9.15 Å². The van der Waals surface area contributed by atoms with Gasteiger partial charge in [0.1, 0.15) is 0 Å². The number of benzene rings is 1. The van der Waals surface area contributed by atoms with Crippen LogP contribution in [0.1, 0.15) is 64.3 Å². The number of nitrogens with zero attached hydrogens (tertiary/aromatic N) is 3. The van der Waals surface area contributed by atoms with Gasteiger partial charge in [0.05, 0.1) is 36.2 Å². The van der Waals surface area contributed by atoms with Crippen LogP contribution in [0.2, 0.25) is 0 Å². The lowest BCUT2D eigenvalue weighted by Gasteiger charge is -2.53. The van der Waals surface area contributed by atoms with Gasteiger partial charge in [-0.2, -0.15) is 0 Å². The molecule has 2 bridgehead atoms. The first-order chi connectivity index (χ1) is 16.2. The standard InChI is InChI=1S/C26H30N4O4/c1-24(2,3)22-29-30-23(34-22)28-19-8-9-20(27-15-19)17-4-6-18(7-5-17)25-10-12-26(13-11-25,33-16-25)14-21(31)32/h4-9,15H,10-14,16H2,1-3H3,(H,28,30)(H,31,32). The third-order valence-electron chi connectivity index (χ3n) is 7.12. The molecule has 3 aromatic rings. The highest BCUT2D eigenvalue weighted by Crippen LogP contribution is 2.51. The second-order valence-corrected chi connectivity index (χ2v) is 10.6. The molecule has 2 aromatic heterocycles. The van der Waals surface area contributed by atoms with Gasteiger partial charge in [0.15, 0.2) is 0 Å².